The summed E-state index contributed by atoms with van der Waals surface area (Å²) in [6, 6.07) is 6.57. The molecule has 2 N–H and O–H groups in total. The second-order valence-corrected chi connectivity index (χ2v) is 5.56. The third kappa shape index (κ3) is 3.03. The van der Waals surface area contributed by atoms with Gasteiger partial charge in [-0.2, -0.15) is 0 Å². The molecule has 1 saturated heterocycles. The predicted octanol–water partition coefficient (Wildman–Crippen LogP) is 2.52. The smallest absolute Gasteiger partial charge is 0.225 e. The summed E-state index contributed by atoms with van der Waals surface area (Å²) in [6.07, 6.45) is 3.93. The number of aryl methyl sites for hydroxylation is 1. The van der Waals surface area contributed by atoms with E-state index in [-0.39, 0.29) is 11.9 Å². The standard InChI is InChI=1S/C16H19FN4/c1-11-9-19-16(21-8-2-3-14(18)10-21)20-15(11)12-4-6-13(17)7-5-12/h4-7,9,14H,2-3,8,10,18H2,1H3. The van der Waals surface area contributed by atoms with Crippen molar-refractivity contribution in [2.24, 2.45) is 5.73 Å². The quantitative estimate of drug-likeness (QED) is 0.921. The van der Waals surface area contributed by atoms with Gasteiger partial charge in [-0.05, 0) is 49.6 Å². The van der Waals surface area contributed by atoms with Crippen molar-refractivity contribution < 1.29 is 4.39 Å². The van der Waals surface area contributed by atoms with Crippen molar-refractivity contribution in [3.05, 3.63) is 41.8 Å². The minimum atomic E-state index is -0.243. The Kier molecular flexibility index (Phi) is 3.84. The van der Waals surface area contributed by atoms with Gasteiger partial charge in [0.2, 0.25) is 5.95 Å². The van der Waals surface area contributed by atoms with Crippen LogP contribution < -0.4 is 10.6 Å². The molecule has 2 aromatic rings. The number of piperidine rings is 1. The molecule has 0 saturated carbocycles. The number of aromatic nitrogens is 2. The fourth-order valence-corrected chi connectivity index (χ4v) is 2.68. The Morgan fingerprint density at radius 1 is 1.29 bits per heavy atom. The Morgan fingerprint density at radius 3 is 2.76 bits per heavy atom. The van der Waals surface area contributed by atoms with Crippen LogP contribution in [0.3, 0.4) is 0 Å². The lowest BCUT2D eigenvalue weighted by molar-refractivity contribution is 0.500. The topological polar surface area (TPSA) is 55.0 Å². The molecule has 3 rings (SSSR count). The summed E-state index contributed by atoms with van der Waals surface area (Å²) in [5, 5.41) is 0. The molecule has 1 aromatic heterocycles. The molecule has 0 spiro atoms. The summed E-state index contributed by atoms with van der Waals surface area (Å²) in [7, 11) is 0. The van der Waals surface area contributed by atoms with Gasteiger partial charge >= 0.3 is 0 Å². The molecule has 0 amide bonds. The second kappa shape index (κ2) is 5.77. The molecule has 0 radical (unpaired) electrons. The van der Waals surface area contributed by atoms with Crippen LogP contribution in [0, 0.1) is 12.7 Å². The molecule has 21 heavy (non-hydrogen) atoms. The van der Waals surface area contributed by atoms with Crippen LogP contribution in [0.2, 0.25) is 0 Å². The Balaban J connectivity index is 1.94. The minimum Gasteiger partial charge on any atom is -0.339 e. The second-order valence-electron chi connectivity index (χ2n) is 5.56. The van der Waals surface area contributed by atoms with Crippen LogP contribution in [0.1, 0.15) is 18.4 Å². The van der Waals surface area contributed by atoms with Crippen LogP contribution in [0.25, 0.3) is 11.3 Å². The zero-order chi connectivity index (χ0) is 14.8. The summed E-state index contributed by atoms with van der Waals surface area (Å²) < 4.78 is 13.1. The number of hydrogen-bond acceptors (Lipinski definition) is 4. The van der Waals surface area contributed by atoms with Crippen LogP contribution in [0.5, 0.6) is 0 Å². The van der Waals surface area contributed by atoms with Crippen molar-refractivity contribution in [1.82, 2.24) is 9.97 Å². The van der Waals surface area contributed by atoms with Crippen LogP contribution in [-0.2, 0) is 0 Å². The molecule has 1 unspecified atom stereocenters. The molecule has 1 fully saturated rings. The predicted molar refractivity (Wildman–Crippen MR) is 81.6 cm³/mol. The van der Waals surface area contributed by atoms with Crippen molar-refractivity contribution in [1.29, 1.82) is 0 Å². The molecule has 2 heterocycles. The summed E-state index contributed by atoms with van der Waals surface area (Å²) in [4.78, 5) is 11.2. The van der Waals surface area contributed by atoms with Gasteiger partial charge in [0.25, 0.3) is 0 Å². The van der Waals surface area contributed by atoms with Crippen molar-refractivity contribution in [2.45, 2.75) is 25.8 Å². The van der Waals surface area contributed by atoms with E-state index in [4.69, 9.17) is 5.73 Å². The van der Waals surface area contributed by atoms with E-state index in [1.807, 2.05) is 13.1 Å². The molecule has 1 aliphatic rings. The summed E-state index contributed by atoms with van der Waals surface area (Å²) in [5.74, 6) is 0.461. The van der Waals surface area contributed by atoms with Crippen LogP contribution in [0.4, 0.5) is 10.3 Å². The van der Waals surface area contributed by atoms with E-state index in [2.05, 4.69) is 14.9 Å². The summed E-state index contributed by atoms with van der Waals surface area (Å²) >= 11 is 0. The van der Waals surface area contributed by atoms with Crippen LogP contribution >= 0.6 is 0 Å². The Morgan fingerprint density at radius 2 is 2.05 bits per heavy atom. The largest absolute Gasteiger partial charge is 0.339 e. The number of anilines is 1. The average Bonchev–Trinajstić information content (AvgIpc) is 2.49. The van der Waals surface area contributed by atoms with Crippen molar-refractivity contribution in [3.8, 4) is 11.3 Å². The maximum absolute atomic E-state index is 13.1. The van der Waals surface area contributed by atoms with Gasteiger partial charge < -0.3 is 10.6 Å². The van der Waals surface area contributed by atoms with Gasteiger partial charge in [-0.1, -0.05) is 0 Å². The van der Waals surface area contributed by atoms with Gasteiger partial charge in [-0.25, -0.2) is 14.4 Å². The lowest BCUT2D eigenvalue weighted by atomic mass is 10.1. The van der Waals surface area contributed by atoms with Gasteiger partial charge in [0.05, 0.1) is 5.69 Å². The van der Waals surface area contributed by atoms with E-state index < -0.39 is 0 Å². The minimum absolute atomic E-state index is 0.179. The van der Waals surface area contributed by atoms with Gasteiger partial charge in [-0.15, -0.1) is 0 Å². The third-order valence-electron chi connectivity index (χ3n) is 3.82. The first kappa shape index (κ1) is 13.9. The van der Waals surface area contributed by atoms with Crippen molar-refractivity contribution in [2.75, 3.05) is 18.0 Å². The van der Waals surface area contributed by atoms with Gasteiger partial charge in [-0.3, -0.25) is 0 Å². The molecule has 110 valence electrons. The molecule has 5 heteroatoms. The number of hydrogen-bond donors (Lipinski definition) is 1. The number of benzene rings is 1. The zero-order valence-corrected chi connectivity index (χ0v) is 12.1. The van der Waals surface area contributed by atoms with Crippen molar-refractivity contribution in [3.63, 3.8) is 0 Å². The third-order valence-corrected chi connectivity index (χ3v) is 3.82. The molecule has 0 bridgehead atoms. The highest BCUT2D eigenvalue weighted by Gasteiger charge is 2.19. The monoisotopic (exact) mass is 286 g/mol. The number of nitrogens with zero attached hydrogens (tertiary/aromatic N) is 3. The molecular formula is C16H19FN4. The fourth-order valence-electron chi connectivity index (χ4n) is 2.68. The first-order valence-electron chi connectivity index (χ1n) is 7.23. The number of rotatable bonds is 2. The summed E-state index contributed by atoms with van der Waals surface area (Å²) in [6.45, 7) is 3.68. The maximum Gasteiger partial charge on any atom is 0.225 e. The Hall–Kier alpha value is -2.01. The molecule has 1 atom stereocenters. The molecule has 0 aliphatic carbocycles. The van der Waals surface area contributed by atoms with Gasteiger partial charge in [0.1, 0.15) is 5.82 Å². The van der Waals surface area contributed by atoms with Crippen LogP contribution in [-0.4, -0.2) is 29.1 Å². The van der Waals surface area contributed by atoms with Gasteiger partial charge in [0, 0.05) is 30.9 Å². The molecule has 1 aromatic carbocycles. The number of nitrogens with two attached hydrogens (primary N) is 1. The highest BCUT2D eigenvalue weighted by molar-refractivity contribution is 5.63. The Labute approximate surface area is 123 Å². The highest BCUT2D eigenvalue weighted by Crippen LogP contribution is 2.24. The van der Waals surface area contributed by atoms with E-state index in [0.717, 1.165) is 42.8 Å². The van der Waals surface area contributed by atoms with E-state index in [1.54, 1.807) is 12.1 Å². The average molecular weight is 286 g/mol. The van der Waals surface area contributed by atoms with E-state index in [9.17, 15) is 4.39 Å². The normalized spacial score (nSPS) is 18.8. The highest BCUT2D eigenvalue weighted by atomic mass is 19.1. The molecular weight excluding hydrogens is 267 g/mol. The van der Waals surface area contributed by atoms with Crippen molar-refractivity contribution >= 4 is 5.95 Å². The number of halogens is 1. The SMILES string of the molecule is Cc1cnc(N2CCCC(N)C2)nc1-c1ccc(F)cc1. The van der Waals surface area contributed by atoms with E-state index >= 15 is 0 Å². The van der Waals surface area contributed by atoms with E-state index in [1.165, 1.54) is 12.1 Å². The lowest BCUT2D eigenvalue weighted by Crippen LogP contribution is -2.43. The summed E-state index contributed by atoms with van der Waals surface area (Å²) in [5.41, 5.74) is 8.75. The Bertz CT molecular complexity index is 627. The maximum atomic E-state index is 13.1. The molecule has 1 aliphatic heterocycles. The first-order chi connectivity index (χ1) is 10.1. The zero-order valence-electron chi connectivity index (χ0n) is 12.1. The van der Waals surface area contributed by atoms with Gasteiger partial charge in [0.15, 0.2) is 0 Å². The first-order valence-corrected chi connectivity index (χ1v) is 7.23. The van der Waals surface area contributed by atoms with E-state index in [0.29, 0.717) is 5.95 Å². The molecule has 4 nitrogen and oxygen atoms in total. The fraction of sp³-hybridized carbons (Fsp3) is 0.375. The lowest BCUT2D eigenvalue weighted by Gasteiger charge is -2.31. The van der Waals surface area contributed by atoms with Crippen LogP contribution in [0.15, 0.2) is 30.5 Å².